The van der Waals surface area contributed by atoms with Gasteiger partial charge in [0, 0.05) is 37.4 Å². The Hall–Kier alpha value is -3.46. The highest BCUT2D eigenvalue weighted by molar-refractivity contribution is 5.92. The number of aliphatic hydroxyl groups is 1. The molecule has 8 nitrogen and oxygen atoms in total. The molecular formula is C27H35FN4O4. The molecule has 0 fully saturated rings. The fourth-order valence-electron chi connectivity index (χ4n) is 3.90. The number of anilines is 1. The van der Waals surface area contributed by atoms with Crippen LogP contribution in [0.3, 0.4) is 0 Å². The van der Waals surface area contributed by atoms with Gasteiger partial charge in [0.05, 0.1) is 30.8 Å². The molecule has 1 aromatic heterocycles. The number of rotatable bonds is 10. The van der Waals surface area contributed by atoms with Crippen molar-refractivity contribution >= 4 is 22.6 Å². The zero-order chi connectivity index (χ0) is 26.6. The second-order valence-electron chi connectivity index (χ2n) is 9.60. The van der Waals surface area contributed by atoms with Gasteiger partial charge in [-0.05, 0) is 39.3 Å². The third-order valence-corrected chi connectivity index (χ3v) is 5.87. The molecule has 0 radical (unpaired) electrons. The van der Waals surface area contributed by atoms with Crippen LogP contribution in [0.1, 0.15) is 50.7 Å². The summed E-state index contributed by atoms with van der Waals surface area (Å²) in [5, 5.41) is 14.2. The fraction of sp³-hybridized carbons (Fsp3) is 0.444. The monoisotopic (exact) mass is 498 g/mol. The highest BCUT2D eigenvalue weighted by Crippen LogP contribution is 2.35. The average molecular weight is 499 g/mol. The van der Waals surface area contributed by atoms with Gasteiger partial charge in [-0.3, -0.25) is 4.79 Å². The third-order valence-electron chi connectivity index (χ3n) is 5.87. The lowest BCUT2D eigenvalue weighted by atomic mass is 9.95. The maximum Gasteiger partial charge on any atom is 0.219 e. The fourth-order valence-corrected chi connectivity index (χ4v) is 3.90. The largest absolute Gasteiger partial charge is 0.493 e. The molecule has 194 valence electrons. The first-order chi connectivity index (χ1) is 16.9. The lowest BCUT2D eigenvalue weighted by Crippen LogP contribution is -2.28. The van der Waals surface area contributed by atoms with Gasteiger partial charge in [0.1, 0.15) is 24.1 Å². The summed E-state index contributed by atoms with van der Waals surface area (Å²) >= 11 is 0. The van der Waals surface area contributed by atoms with E-state index in [-0.39, 0.29) is 24.8 Å². The van der Waals surface area contributed by atoms with Gasteiger partial charge >= 0.3 is 0 Å². The zero-order valence-electron chi connectivity index (χ0n) is 22.0. The Morgan fingerprint density at radius 2 is 1.97 bits per heavy atom. The Kier molecular flexibility index (Phi) is 8.35. The van der Waals surface area contributed by atoms with Crippen molar-refractivity contribution in [2.75, 3.05) is 32.6 Å². The molecule has 1 atom stereocenters. The van der Waals surface area contributed by atoms with Gasteiger partial charge in [0.15, 0.2) is 11.5 Å². The van der Waals surface area contributed by atoms with E-state index >= 15 is 4.39 Å². The minimum absolute atomic E-state index is 0.0488. The number of hydrogen-bond acceptors (Lipinski definition) is 7. The van der Waals surface area contributed by atoms with Crippen LogP contribution < -0.4 is 14.8 Å². The molecule has 0 bridgehead atoms. The van der Waals surface area contributed by atoms with Crippen molar-refractivity contribution in [2.24, 2.45) is 0 Å². The maximum absolute atomic E-state index is 15.3. The van der Waals surface area contributed by atoms with Crippen molar-refractivity contribution < 1.29 is 23.8 Å². The standard InChI is InChI=1S/C27H35FN4O4/c1-16(20-10-8-9-19(25(20)28)15-27(4,5)34)29-26-21-13-24(36-12-11-32(6)18(3)33)23(35-7)14-22(21)30-17(2)31-26/h8-10,13-14,16,34H,11-12,15H2,1-7H3,(H,29,30,31)/t16-/m1/s1. The number of carbonyl (C=O) groups is 1. The topological polar surface area (TPSA) is 96.8 Å². The van der Waals surface area contributed by atoms with Gasteiger partial charge < -0.3 is 24.8 Å². The normalized spacial score (nSPS) is 12.4. The van der Waals surface area contributed by atoms with Crippen LogP contribution in [-0.2, 0) is 11.2 Å². The summed E-state index contributed by atoms with van der Waals surface area (Å²) in [6, 6.07) is 8.34. The average Bonchev–Trinajstić information content (AvgIpc) is 2.79. The van der Waals surface area contributed by atoms with Crippen LogP contribution in [-0.4, -0.2) is 58.8 Å². The number of aromatic nitrogens is 2. The summed E-state index contributed by atoms with van der Waals surface area (Å²) in [6.07, 6.45) is 0.203. The number of halogens is 1. The SMILES string of the molecule is COc1cc2nc(C)nc(N[C@H](C)c3cccc(CC(C)(C)O)c3F)c2cc1OCCN(C)C(C)=O. The van der Waals surface area contributed by atoms with Crippen LogP contribution in [0.4, 0.5) is 10.2 Å². The number of fused-ring (bicyclic) bond motifs is 1. The number of nitrogens with zero attached hydrogens (tertiary/aromatic N) is 3. The first-order valence-electron chi connectivity index (χ1n) is 11.9. The van der Waals surface area contributed by atoms with Gasteiger partial charge in [-0.25, -0.2) is 14.4 Å². The van der Waals surface area contributed by atoms with E-state index in [2.05, 4.69) is 15.3 Å². The third kappa shape index (κ3) is 6.60. The Bertz CT molecular complexity index is 1240. The van der Waals surface area contributed by atoms with Gasteiger partial charge in [0.2, 0.25) is 5.91 Å². The highest BCUT2D eigenvalue weighted by atomic mass is 19.1. The van der Waals surface area contributed by atoms with Crippen LogP contribution >= 0.6 is 0 Å². The molecule has 2 N–H and O–H groups in total. The Labute approximate surface area is 211 Å². The second-order valence-corrected chi connectivity index (χ2v) is 9.60. The number of amides is 1. The minimum Gasteiger partial charge on any atom is -0.493 e. The number of carbonyl (C=O) groups excluding carboxylic acids is 1. The van der Waals surface area contributed by atoms with E-state index in [1.165, 1.54) is 6.92 Å². The van der Waals surface area contributed by atoms with Crippen LogP contribution in [0.2, 0.25) is 0 Å². The Morgan fingerprint density at radius 3 is 2.61 bits per heavy atom. The number of aryl methyl sites for hydroxylation is 1. The molecule has 3 aromatic rings. The van der Waals surface area contributed by atoms with Crippen molar-refractivity contribution in [3.8, 4) is 11.5 Å². The molecule has 0 spiro atoms. The van der Waals surface area contributed by atoms with Crippen LogP contribution in [0, 0.1) is 12.7 Å². The van der Waals surface area contributed by atoms with Crippen molar-refractivity contribution in [3.05, 3.63) is 53.1 Å². The van der Waals surface area contributed by atoms with Crippen LogP contribution in [0.25, 0.3) is 10.9 Å². The molecule has 2 aromatic carbocycles. The molecule has 1 heterocycles. The van der Waals surface area contributed by atoms with Crippen molar-refractivity contribution in [1.29, 1.82) is 0 Å². The van der Waals surface area contributed by atoms with Crippen LogP contribution in [0.15, 0.2) is 30.3 Å². The van der Waals surface area contributed by atoms with E-state index in [0.717, 1.165) is 0 Å². The first-order valence-corrected chi connectivity index (χ1v) is 11.9. The van der Waals surface area contributed by atoms with E-state index in [1.54, 1.807) is 70.2 Å². The molecule has 3 rings (SSSR count). The number of nitrogens with one attached hydrogen (secondary N) is 1. The number of ether oxygens (including phenoxy) is 2. The molecule has 9 heteroatoms. The second kappa shape index (κ2) is 11.1. The molecule has 0 saturated heterocycles. The van der Waals surface area contributed by atoms with Gasteiger partial charge in [-0.1, -0.05) is 18.2 Å². The van der Waals surface area contributed by atoms with Crippen molar-refractivity contribution in [3.63, 3.8) is 0 Å². The molecule has 1 amide bonds. The first kappa shape index (κ1) is 27.1. The van der Waals surface area contributed by atoms with Gasteiger partial charge in [0.25, 0.3) is 0 Å². The number of benzene rings is 2. The predicted molar refractivity (Wildman–Crippen MR) is 138 cm³/mol. The van der Waals surface area contributed by atoms with E-state index in [4.69, 9.17) is 9.47 Å². The summed E-state index contributed by atoms with van der Waals surface area (Å²) in [5.74, 6) is 1.68. The Morgan fingerprint density at radius 1 is 1.25 bits per heavy atom. The maximum atomic E-state index is 15.3. The summed E-state index contributed by atoms with van der Waals surface area (Å²) in [5.41, 5.74) is 0.551. The summed E-state index contributed by atoms with van der Waals surface area (Å²) < 4.78 is 26.8. The number of likely N-dealkylation sites (N-methyl/N-ethyl adjacent to an activating group) is 1. The smallest absolute Gasteiger partial charge is 0.219 e. The summed E-state index contributed by atoms with van der Waals surface area (Å²) in [6.45, 7) is 9.15. The zero-order valence-corrected chi connectivity index (χ0v) is 22.0. The summed E-state index contributed by atoms with van der Waals surface area (Å²) in [7, 11) is 3.26. The van der Waals surface area contributed by atoms with E-state index in [0.29, 0.717) is 51.7 Å². The summed E-state index contributed by atoms with van der Waals surface area (Å²) in [4.78, 5) is 22.1. The quantitative estimate of drug-likeness (QED) is 0.427. The van der Waals surface area contributed by atoms with Gasteiger partial charge in [-0.15, -0.1) is 0 Å². The molecule has 0 unspecified atom stereocenters. The van der Waals surface area contributed by atoms with Gasteiger partial charge in [-0.2, -0.15) is 0 Å². The highest BCUT2D eigenvalue weighted by Gasteiger charge is 2.21. The lowest BCUT2D eigenvalue weighted by molar-refractivity contribution is -0.127. The predicted octanol–water partition coefficient (Wildman–Crippen LogP) is 4.43. The minimum atomic E-state index is -1.02. The van der Waals surface area contributed by atoms with Crippen LogP contribution in [0.5, 0.6) is 11.5 Å². The number of hydrogen-bond donors (Lipinski definition) is 2. The lowest BCUT2D eigenvalue weighted by Gasteiger charge is -2.22. The molecule has 0 aliphatic rings. The molecule has 36 heavy (non-hydrogen) atoms. The molecule has 0 aliphatic heterocycles. The van der Waals surface area contributed by atoms with Crippen molar-refractivity contribution in [1.82, 2.24) is 14.9 Å². The van der Waals surface area contributed by atoms with E-state index in [1.807, 2.05) is 6.92 Å². The van der Waals surface area contributed by atoms with Crippen molar-refractivity contribution in [2.45, 2.75) is 52.7 Å². The molecule has 0 saturated carbocycles. The number of methoxy groups -OCH3 is 1. The Balaban J connectivity index is 1.94. The molecular weight excluding hydrogens is 463 g/mol. The van der Waals surface area contributed by atoms with E-state index < -0.39 is 11.6 Å². The van der Waals surface area contributed by atoms with E-state index in [9.17, 15) is 9.90 Å². The molecule has 0 aliphatic carbocycles.